The molecule has 0 aliphatic carbocycles. The highest BCUT2D eigenvalue weighted by Crippen LogP contribution is 2.23. The van der Waals surface area contributed by atoms with Crippen LogP contribution in [0, 0.1) is 12.7 Å². The lowest BCUT2D eigenvalue weighted by atomic mass is 10.1. The van der Waals surface area contributed by atoms with Gasteiger partial charge in [-0.25, -0.2) is 12.8 Å². The molecule has 0 saturated heterocycles. The molecule has 156 valence electrons. The number of carbonyl (C=O) groups is 1. The molecule has 0 saturated carbocycles. The van der Waals surface area contributed by atoms with E-state index in [9.17, 15) is 17.6 Å². The Morgan fingerprint density at radius 2 is 1.57 bits per heavy atom. The number of anilines is 1. The maximum Gasteiger partial charge on any atom is 0.264 e. The lowest BCUT2D eigenvalue weighted by Gasteiger charge is -2.21. The van der Waals surface area contributed by atoms with Crippen LogP contribution in [-0.2, 0) is 16.6 Å². The SMILES string of the molecule is Cc1ccc(S(=O)(=O)N(C)c2ccc(C(=O)N(C)Cc3cccc(F)c3)cc2)cc1. The normalized spacial score (nSPS) is 11.2. The van der Waals surface area contributed by atoms with Crippen molar-refractivity contribution in [3.8, 4) is 0 Å². The van der Waals surface area contributed by atoms with Gasteiger partial charge in [0.1, 0.15) is 5.82 Å². The van der Waals surface area contributed by atoms with Crippen LogP contribution < -0.4 is 4.31 Å². The van der Waals surface area contributed by atoms with Crippen molar-refractivity contribution >= 4 is 21.6 Å². The van der Waals surface area contributed by atoms with Crippen LogP contribution in [0.1, 0.15) is 21.5 Å². The van der Waals surface area contributed by atoms with E-state index in [-0.39, 0.29) is 23.2 Å². The van der Waals surface area contributed by atoms with Crippen LogP contribution in [0.3, 0.4) is 0 Å². The van der Waals surface area contributed by atoms with Gasteiger partial charge in [-0.05, 0) is 61.0 Å². The van der Waals surface area contributed by atoms with Gasteiger partial charge in [0, 0.05) is 26.2 Å². The highest BCUT2D eigenvalue weighted by atomic mass is 32.2. The molecule has 0 radical (unpaired) electrons. The van der Waals surface area contributed by atoms with Crippen molar-refractivity contribution in [1.29, 1.82) is 0 Å². The number of rotatable bonds is 6. The molecule has 0 unspecified atom stereocenters. The summed E-state index contributed by atoms with van der Waals surface area (Å²) in [5, 5.41) is 0. The first-order valence-corrected chi connectivity index (χ1v) is 10.8. The van der Waals surface area contributed by atoms with Crippen LogP contribution in [0.4, 0.5) is 10.1 Å². The molecule has 0 fully saturated rings. The summed E-state index contributed by atoms with van der Waals surface area (Å²) in [5.74, 6) is -0.592. The van der Waals surface area contributed by atoms with Gasteiger partial charge >= 0.3 is 0 Å². The highest BCUT2D eigenvalue weighted by Gasteiger charge is 2.21. The summed E-state index contributed by atoms with van der Waals surface area (Å²) in [6.07, 6.45) is 0. The smallest absolute Gasteiger partial charge is 0.264 e. The van der Waals surface area contributed by atoms with Crippen molar-refractivity contribution in [2.75, 3.05) is 18.4 Å². The Kier molecular flexibility index (Phi) is 6.22. The average molecular weight is 427 g/mol. The van der Waals surface area contributed by atoms with E-state index < -0.39 is 10.0 Å². The second kappa shape index (κ2) is 8.67. The lowest BCUT2D eigenvalue weighted by Crippen LogP contribution is -2.27. The van der Waals surface area contributed by atoms with Gasteiger partial charge in [0.25, 0.3) is 15.9 Å². The summed E-state index contributed by atoms with van der Waals surface area (Å²) >= 11 is 0. The van der Waals surface area contributed by atoms with Crippen molar-refractivity contribution < 1.29 is 17.6 Å². The molecule has 7 heteroatoms. The topological polar surface area (TPSA) is 57.7 Å². The van der Waals surface area contributed by atoms with Crippen molar-refractivity contribution in [3.05, 3.63) is 95.3 Å². The zero-order chi connectivity index (χ0) is 21.9. The predicted octanol–water partition coefficient (Wildman–Crippen LogP) is 4.23. The van der Waals surface area contributed by atoms with Gasteiger partial charge < -0.3 is 4.90 Å². The van der Waals surface area contributed by atoms with E-state index in [2.05, 4.69) is 0 Å². The van der Waals surface area contributed by atoms with Crippen molar-refractivity contribution in [2.45, 2.75) is 18.4 Å². The van der Waals surface area contributed by atoms with Crippen LogP contribution in [-0.4, -0.2) is 33.3 Å². The predicted molar refractivity (Wildman–Crippen MR) is 115 cm³/mol. The number of hydrogen-bond acceptors (Lipinski definition) is 3. The molecular formula is C23H23FN2O3S. The van der Waals surface area contributed by atoms with Gasteiger partial charge in [-0.15, -0.1) is 0 Å². The molecular weight excluding hydrogens is 403 g/mol. The van der Waals surface area contributed by atoms with Crippen LogP contribution in [0.15, 0.2) is 77.7 Å². The number of nitrogens with zero attached hydrogens (tertiary/aromatic N) is 2. The van der Waals surface area contributed by atoms with Gasteiger partial charge in [-0.2, -0.15) is 0 Å². The Bertz CT molecular complexity index is 1140. The minimum atomic E-state index is -3.70. The summed E-state index contributed by atoms with van der Waals surface area (Å²) in [5.41, 5.74) is 2.52. The fourth-order valence-electron chi connectivity index (χ4n) is 3.02. The summed E-state index contributed by atoms with van der Waals surface area (Å²) in [4.78, 5) is 14.3. The van der Waals surface area contributed by atoms with Gasteiger partial charge in [0.05, 0.1) is 10.6 Å². The zero-order valence-electron chi connectivity index (χ0n) is 17.0. The van der Waals surface area contributed by atoms with Crippen LogP contribution >= 0.6 is 0 Å². The van der Waals surface area contributed by atoms with E-state index in [1.165, 1.54) is 28.4 Å². The fraction of sp³-hybridized carbons (Fsp3) is 0.174. The van der Waals surface area contributed by atoms with Crippen molar-refractivity contribution in [3.63, 3.8) is 0 Å². The lowest BCUT2D eigenvalue weighted by molar-refractivity contribution is 0.0785. The largest absolute Gasteiger partial charge is 0.337 e. The van der Waals surface area contributed by atoms with E-state index >= 15 is 0 Å². The number of amides is 1. The van der Waals surface area contributed by atoms with E-state index in [1.807, 2.05) is 6.92 Å². The number of aryl methyl sites for hydroxylation is 1. The molecule has 5 nitrogen and oxygen atoms in total. The second-order valence-electron chi connectivity index (χ2n) is 7.12. The first-order chi connectivity index (χ1) is 14.2. The molecule has 3 rings (SSSR count). The molecule has 0 atom stereocenters. The van der Waals surface area contributed by atoms with Crippen molar-refractivity contribution in [1.82, 2.24) is 4.90 Å². The molecule has 0 spiro atoms. The molecule has 0 bridgehead atoms. The van der Waals surface area contributed by atoms with Crippen LogP contribution in [0.2, 0.25) is 0 Å². The summed E-state index contributed by atoms with van der Waals surface area (Å²) in [6.45, 7) is 2.15. The summed E-state index contributed by atoms with van der Waals surface area (Å²) < 4.78 is 40.2. The van der Waals surface area contributed by atoms with E-state index in [1.54, 1.807) is 67.7 Å². The first-order valence-electron chi connectivity index (χ1n) is 9.34. The molecule has 3 aromatic carbocycles. The number of halogens is 1. The Morgan fingerprint density at radius 1 is 0.933 bits per heavy atom. The second-order valence-corrected chi connectivity index (χ2v) is 9.09. The fourth-order valence-corrected chi connectivity index (χ4v) is 4.22. The minimum absolute atomic E-state index is 0.200. The third-order valence-corrected chi connectivity index (χ3v) is 6.61. The molecule has 0 heterocycles. The van der Waals surface area contributed by atoms with Crippen LogP contribution in [0.5, 0.6) is 0 Å². The van der Waals surface area contributed by atoms with Crippen molar-refractivity contribution in [2.24, 2.45) is 0 Å². The average Bonchev–Trinajstić information content (AvgIpc) is 2.73. The molecule has 1 amide bonds. The number of hydrogen-bond donors (Lipinski definition) is 0. The number of carbonyl (C=O) groups excluding carboxylic acids is 1. The standard InChI is InChI=1S/C23H23FN2O3S/c1-17-7-13-22(14-8-17)30(28,29)26(3)21-11-9-19(10-12-21)23(27)25(2)16-18-5-4-6-20(24)15-18/h4-15H,16H2,1-3H3. The monoisotopic (exact) mass is 426 g/mol. The van der Waals surface area contributed by atoms with E-state index in [0.717, 1.165) is 5.56 Å². The van der Waals surface area contributed by atoms with Gasteiger partial charge in [-0.1, -0.05) is 29.8 Å². The first kappa shape index (κ1) is 21.5. The Hall–Kier alpha value is -3.19. The Morgan fingerprint density at radius 3 is 2.17 bits per heavy atom. The minimum Gasteiger partial charge on any atom is -0.337 e. The Balaban J connectivity index is 1.75. The maximum absolute atomic E-state index is 13.3. The third kappa shape index (κ3) is 4.68. The molecule has 0 N–H and O–H groups in total. The quantitative estimate of drug-likeness (QED) is 0.593. The number of sulfonamides is 1. The van der Waals surface area contributed by atoms with Gasteiger partial charge in [0.2, 0.25) is 0 Å². The summed E-state index contributed by atoms with van der Waals surface area (Å²) in [7, 11) is -0.592. The van der Waals surface area contributed by atoms with Gasteiger partial charge in [0.15, 0.2) is 0 Å². The molecule has 0 aliphatic heterocycles. The number of benzene rings is 3. The Labute approximate surface area is 176 Å². The molecule has 0 aromatic heterocycles. The molecule has 3 aromatic rings. The van der Waals surface area contributed by atoms with E-state index in [4.69, 9.17) is 0 Å². The maximum atomic E-state index is 13.3. The highest BCUT2D eigenvalue weighted by molar-refractivity contribution is 7.92. The molecule has 30 heavy (non-hydrogen) atoms. The molecule has 0 aliphatic rings. The van der Waals surface area contributed by atoms with Crippen LogP contribution in [0.25, 0.3) is 0 Å². The van der Waals surface area contributed by atoms with Gasteiger partial charge in [-0.3, -0.25) is 9.10 Å². The summed E-state index contributed by atoms with van der Waals surface area (Å²) in [6, 6.07) is 19.1. The van der Waals surface area contributed by atoms with E-state index in [0.29, 0.717) is 16.8 Å². The zero-order valence-corrected chi connectivity index (χ0v) is 17.9. The third-order valence-electron chi connectivity index (χ3n) is 4.81.